The van der Waals surface area contributed by atoms with Gasteiger partial charge in [0.2, 0.25) is 0 Å². The molecule has 24 heavy (non-hydrogen) atoms. The third-order valence-electron chi connectivity index (χ3n) is 3.64. The lowest BCUT2D eigenvalue weighted by Gasteiger charge is -2.06. The number of Topliss-reactive ketones (excluding diaryl/α,β-unsaturated/α-hetero) is 1. The van der Waals surface area contributed by atoms with E-state index in [1.54, 1.807) is 24.3 Å². The van der Waals surface area contributed by atoms with Crippen LogP contribution in [-0.4, -0.2) is 16.5 Å². The van der Waals surface area contributed by atoms with Crippen LogP contribution in [0.25, 0.3) is 10.9 Å². The first-order chi connectivity index (χ1) is 11.3. The largest absolute Gasteiger partial charge is 0.454 e. The van der Waals surface area contributed by atoms with E-state index in [0.29, 0.717) is 15.6 Å². The summed E-state index contributed by atoms with van der Waals surface area (Å²) in [6.07, 6.45) is -3.85. The van der Waals surface area contributed by atoms with Crippen molar-refractivity contribution in [3.05, 3.63) is 70.1 Å². The van der Waals surface area contributed by atoms with Crippen molar-refractivity contribution >= 4 is 32.6 Å². The highest BCUT2D eigenvalue weighted by molar-refractivity contribution is 9.10. The maximum atomic E-state index is 13.8. The van der Waals surface area contributed by atoms with Gasteiger partial charge in [0.05, 0.1) is 12.1 Å². The number of rotatable bonds is 3. The van der Waals surface area contributed by atoms with Gasteiger partial charge in [-0.1, -0.05) is 34.1 Å². The fraction of sp³-hybridized carbons (Fsp3) is 0.118. The molecule has 3 aromatic rings. The topological polar surface area (TPSA) is 22.0 Å². The lowest BCUT2D eigenvalue weighted by Crippen LogP contribution is -2.22. The Bertz CT molecular complexity index is 930. The van der Waals surface area contributed by atoms with Crippen molar-refractivity contribution in [2.24, 2.45) is 0 Å². The summed E-state index contributed by atoms with van der Waals surface area (Å²) in [6.45, 7) is 0.0238. The summed E-state index contributed by atoms with van der Waals surface area (Å²) >= 11 is 3.19. The predicted molar refractivity (Wildman–Crippen MR) is 85.5 cm³/mol. The van der Waals surface area contributed by atoms with Gasteiger partial charge in [0.1, 0.15) is 5.82 Å². The van der Waals surface area contributed by atoms with E-state index in [-0.39, 0.29) is 11.9 Å². The highest BCUT2D eigenvalue weighted by Gasteiger charge is 2.40. The van der Waals surface area contributed by atoms with Crippen LogP contribution in [0.4, 0.5) is 17.6 Å². The zero-order chi connectivity index (χ0) is 17.5. The monoisotopic (exact) mass is 399 g/mol. The van der Waals surface area contributed by atoms with Crippen LogP contribution < -0.4 is 0 Å². The molecule has 0 bridgehead atoms. The van der Waals surface area contributed by atoms with Gasteiger partial charge in [-0.25, -0.2) is 4.39 Å². The van der Waals surface area contributed by atoms with Gasteiger partial charge in [-0.15, -0.1) is 0 Å². The quantitative estimate of drug-likeness (QED) is 0.430. The minimum absolute atomic E-state index is 0.0238. The van der Waals surface area contributed by atoms with E-state index in [9.17, 15) is 22.4 Å². The average molecular weight is 400 g/mol. The fourth-order valence-electron chi connectivity index (χ4n) is 2.54. The number of nitrogens with zero attached hydrogens (tertiary/aromatic N) is 1. The number of hydrogen-bond donors (Lipinski definition) is 0. The standard InChI is InChI=1S/C17H10BrF4NO/c18-11-5-6-15-12(7-11)13(16(24)17(20,21)22)9-23(15)8-10-3-1-2-4-14(10)19/h1-7,9H,8H2. The molecule has 0 aliphatic rings. The Morgan fingerprint density at radius 3 is 2.50 bits per heavy atom. The van der Waals surface area contributed by atoms with Crippen LogP contribution in [-0.2, 0) is 6.54 Å². The third kappa shape index (κ3) is 3.08. The minimum atomic E-state index is -4.97. The number of carbonyl (C=O) groups excluding carboxylic acids is 1. The first-order valence-corrected chi connectivity index (χ1v) is 7.70. The Morgan fingerprint density at radius 1 is 1.12 bits per heavy atom. The molecule has 0 fully saturated rings. The Hall–Kier alpha value is -2.15. The number of halogens is 5. The zero-order valence-corrected chi connectivity index (χ0v) is 13.7. The number of hydrogen-bond acceptors (Lipinski definition) is 1. The molecule has 0 N–H and O–H groups in total. The lowest BCUT2D eigenvalue weighted by atomic mass is 10.1. The molecule has 0 saturated heterocycles. The van der Waals surface area contributed by atoms with Crippen molar-refractivity contribution in [3.63, 3.8) is 0 Å². The van der Waals surface area contributed by atoms with E-state index in [2.05, 4.69) is 15.9 Å². The van der Waals surface area contributed by atoms with Crippen LogP contribution in [0.15, 0.2) is 53.1 Å². The molecule has 1 aromatic heterocycles. The van der Waals surface area contributed by atoms with E-state index >= 15 is 0 Å². The summed E-state index contributed by atoms with van der Waals surface area (Å²) in [6, 6.07) is 10.7. The average Bonchev–Trinajstić information content (AvgIpc) is 2.85. The predicted octanol–water partition coefficient (Wildman–Crippen LogP) is 5.34. The molecule has 0 aliphatic carbocycles. The number of aromatic nitrogens is 1. The Balaban J connectivity index is 2.16. The van der Waals surface area contributed by atoms with Gasteiger partial charge in [-0.2, -0.15) is 13.2 Å². The molecule has 1 heterocycles. The molecule has 124 valence electrons. The third-order valence-corrected chi connectivity index (χ3v) is 4.14. The van der Waals surface area contributed by atoms with Crippen LogP contribution in [0.2, 0.25) is 0 Å². The second kappa shape index (κ2) is 6.05. The summed E-state index contributed by atoms with van der Waals surface area (Å²) in [7, 11) is 0. The highest BCUT2D eigenvalue weighted by atomic mass is 79.9. The normalized spacial score (nSPS) is 11.9. The molecular weight excluding hydrogens is 390 g/mol. The van der Waals surface area contributed by atoms with Crippen molar-refractivity contribution in [3.8, 4) is 0 Å². The number of ketones is 1. The first-order valence-electron chi connectivity index (χ1n) is 6.90. The molecule has 2 aromatic carbocycles. The van der Waals surface area contributed by atoms with Crippen molar-refractivity contribution < 1.29 is 22.4 Å². The number of fused-ring (bicyclic) bond motifs is 1. The van der Waals surface area contributed by atoms with Gasteiger partial charge in [0.25, 0.3) is 5.78 Å². The Labute approximate surface area is 142 Å². The van der Waals surface area contributed by atoms with E-state index in [0.717, 1.165) is 6.20 Å². The highest BCUT2D eigenvalue weighted by Crippen LogP contribution is 2.31. The van der Waals surface area contributed by atoms with Gasteiger partial charge in [0, 0.05) is 27.1 Å². The molecule has 2 nitrogen and oxygen atoms in total. The maximum Gasteiger partial charge on any atom is 0.454 e. The van der Waals surface area contributed by atoms with E-state index in [1.165, 1.54) is 22.8 Å². The van der Waals surface area contributed by atoms with Crippen LogP contribution in [0.5, 0.6) is 0 Å². The zero-order valence-electron chi connectivity index (χ0n) is 12.1. The minimum Gasteiger partial charge on any atom is -0.342 e. The summed E-state index contributed by atoms with van der Waals surface area (Å²) in [5.41, 5.74) is 0.299. The lowest BCUT2D eigenvalue weighted by molar-refractivity contribution is -0.0884. The summed E-state index contributed by atoms with van der Waals surface area (Å²) < 4.78 is 54.3. The molecule has 0 amide bonds. The summed E-state index contributed by atoms with van der Waals surface area (Å²) in [5.74, 6) is -2.38. The van der Waals surface area contributed by atoms with Gasteiger partial charge in [-0.05, 0) is 24.3 Å². The van der Waals surface area contributed by atoms with Gasteiger partial charge in [-0.3, -0.25) is 4.79 Å². The molecule has 0 spiro atoms. The molecular formula is C17H10BrF4NO. The van der Waals surface area contributed by atoms with Crippen LogP contribution in [0.1, 0.15) is 15.9 Å². The smallest absolute Gasteiger partial charge is 0.342 e. The Morgan fingerprint density at radius 2 is 1.83 bits per heavy atom. The van der Waals surface area contributed by atoms with Crippen LogP contribution in [0.3, 0.4) is 0 Å². The van der Waals surface area contributed by atoms with Crippen molar-refractivity contribution in [1.29, 1.82) is 0 Å². The van der Waals surface area contributed by atoms with E-state index in [1.807, 2.05) is 0 Å². The molecule has 0 aliphatic heterocycles. The number of carbonyl (C=O) groups is 1. The summed E-state index contributed by atoms with van der Waals surface area (Å²) in [4.78, 5) is 11.7. The molecule has 0 atom stereocenters. The van der Waals surface area contributed by atoms with Crippen molar-refractivity contribution in [1.82, 2.24) is 4.57 Å². The summed E-state index contributed by atoms with van der Waals surface area (Å²) in [5, 5.41) is 0.169. The van der Waals surface area contributed by atoms with Crippen LogP contribution >= 0.6 is 15.9 Å². The molecule has 0 saturated carbocycles. The Kier molecular flexibility index (Phi) is 4.21. The molecule has 0 radical (unpaired) electrons. The number of benzene rings is 2. The van der Waals surface area contributed by atoms with E-state index in [4.69, 9.17) is 0 Å². The van der Waals surface area contributed by atoms with Crippen molar-refractivity contribution in [2.75, 3.05) is 0 Å². The molecule has 3 rings (SSSR count). The second-order valence-corrected chi connectivity index (χ2v) is 6.17. The SMILES string of the molecule is O=C(c1cn(Cc2ccccc2F)c2ccc(Br)cc12)C(F)(F)F. The van der Waals surface area contributed by atoms with Crippen molar-refractivity contribution in [2.45, 2.75) is 12.7 Å². The van der Waals surface area contributed by atoms with Crippen LogP contribution in [0, 0.1) is 5.82 Å². The molecule has 7 heteroatoms. The molecule has 0 unspecified atom stereocenters. The van der Waals surface area contributed by atoms with Gasteiger partial charge >= 0.3 is 6.18 Å². The van der Waals surface area contributed by atoms with E-state index < -0.39 is 23.3 Å². The number of alkyl halides is 3. The van der Waals surface area contributed by atoms with Gasteiger partial charge < -0.3 is 4.57 Å². The second-order valence-electron chi connectivity index (χ2n) is 5.25. The van der Waals surface area contributed by atoms with Gasteiger partial charge in [0.15, 0.2) is 0 Å². The first kappa shape index (κ1) is 16.7. The fourth-order valence-corrected chi connectivity index (χ4v) is 2.91. The maximum absolute atomic E-state index is 13.8.